The Labute approximate surface area is 212 Å². The first-order valence-corrected chi connectivity index (χ1v) is 11.1. The van der Waals surface area contributed by atoms with Crippen molar-refractivity contribution in [3.05, 3.63) is 76.7 Å². The summed E-state index contributed by atoms with van der Waals surface area (Å²) in [6.07, 6.45) is -7.89. The summed E-state index contributed by atoms with van der Waals surface area (Å²) in [5.74, 6) is -2.34. The predicted molar refractivity (Wildman–Crippen MR) is 126 cm³/mol. The molecule has 15 nitrogen and oxygen atoms in total. The number of amides is 1. The lowest BCUT2D eigenvalue weighted by Gasteiger charge is -2.38. The van der Waals surface area contributed by atoms with Gasteiger partial charge in [-0.3, -0.25) is 19.3 Å². The highest BCUT2D eigenvalue weighted by Crippen LogP contribution is 2.30. The van der Waals surface area contributed by atoms with E-state index in [-0.39, 0.29) is 11.3 Å². The fourth-order valence-electron chi connectivity index (χ4n) is 3.96. The van der Waals surface area contributed by atoms with Crippen molar-refractivity contribution in [2.75, 3.05) is 5.32 Å². The zero-order valence-corrected chi connectivity index (χ0v) is 19.2. The molecule has 0 spiro atoms. The number of aliphatic hydroxyl groups excluding tert-OH is 3. The number of carbonyl (C=O) groups excluding carboxylic acids is 1. The maximum atomic E-state index is 13.2. The number of carbonyl (C=O) groups is 2. The second-order valence-corrected chi connectivity index (χ2v) is 8.26. The summed E-state index contributed by atoms with van der Waals surface area (Å²) < 4.78 is 13.1. The maximum absolute atomic E-state index is 13.2. The highest BCUT2D eigenvalue weighted by atomic mass is 16.6. The number of anilines is 1. The Morgan fingerprint density at radius 3 is 2.47 bits per heavy atom. The molecule has 1 fully saturated rings. The second-order valence-electron chi connectivity index (χ2n) is 8.26. The van der Waals surface area contributed by atoms with Crippen LogP contribution in [0.3, 0.4) is 0 Å². The van der Waals surface area contributed by atoms with E-state index in [9.17, 15) is 34.8 Å². The van der Waals surface area contributed by atoms with E-state index in [0.29, 0.717) is 15.9 Å². The van der Waals surface area contributed by atoms with E-state index in [1.54, 1.807) is 48.5 Å². The van der Waals surface area contributed by atoms with Crippen LogP contribution in [0.2, 0.25) is 0 Å². The summed E-state index contributed by atoms with van der Waals surface area (Å²) in [5, 5.41) is 52.6. The van der Waals surface area contributed by atoms with Crippen molar-refractivity contribution in [1.82, 2.24) is 24.6 Å². The van der Waals surface area contributed by atoms with Gasteiger partial charge in [-0.2, -0.15) is 4.68 Å². The van der Waals surface area contributed by atoms with Crippen molar-refractivity contribution in [3.63, 3.8) is 0 Å². The molecule has 196 valence electrons. The maximum Gasteiger partial charge on any atom is 0.335 e. The number of rotatable bonds is 6. The lowest BCUT2D eigenvalue weighted by atomic mass is 9.98. The van der Waals surface area contributed by atoms with E-state index in [0.717, 1.165) is 0 Å². The molecule has 4 aromatic rings. The number of aliphatic carboxylic acids is 1. The Morgan fingerprint density at radius 1 is 1.00 bits per heavy atom. The number of nitrogens with one attached hydrogen (secondary N) is 1. The minimum Gasteiger partial charge on any atom is -0.479 e. The molecule has 0 aliphatic carbocycles. The number of benzene rings is 1. The normalized spacial score (nSPS) is 23.2. The molecule has 3 aromatic heterocycles. The minimum atomic E-state index is -1.94. The molecule has 1 aromatic carbocycles. The highest BCUT2D eigenvalue weighted by molar-refractivity contribution is 6.03. The Balaban J connectivity index is 1.48. The van der Waals surface area contributed by atoms with Gasteiger partial charge in [-0.05, 0) is 34.7 Å². The van der Waals surface area contributed by atoms with Crippen LogP contribution in [0.4, 0.5) is 5.95 Å². The van der Waals surface area contributed by atoms with Gasteiger partial charge in [0.25, 0.3) is 17.4 Å². The highest BCUT2D eigenvalue weighted by Gasteiger charge is 2.48. The van der Waals surface area contributed by atoms with Crippen molar-refractivity contribution in [2.24, 2.45) is 0 Å². The number of ether oxygens (including phenoxy) is 2. The summed E-state index contributed by atoms with van der Waals surface area (Å²) in [6.45, 7) is 0. The number of pyridine rings is 2. The van der Waals surface area contributed by atoms with Crippen LogP contribution >= 0.6 is 0 Å². The van der Waals surface area contributed by atoms with Crippen LogP contribution < -0.4 is 15.6 Å². The standard InChI is InChI=1S/C23H20N6O9/c30-15-16(31)18(22(35)36)38-21(17(15)32)29-23(25-26-27-29)24-19(33)12-10-14(37-11-6-2-1-3-7-11)13-8-4-5-9-28(13)20(12)34/h1-10,15-18,21,30-32H,(H,35,36)(H,24,25,27,33)/t15-,16-,17+,18-,21+/m0/s1. The second kappa shape index (κ2) is 9.98. The molecule has 4 heterocycles. The van der Waals surface area contributed by atoms with Crippen LogP contribution in [0, 0.1) is 0 Å². The lowest BCUT2D eigenvalue weighted by molar-refractivity contribution is -0.248. The van der Waals surface area contributed by atoms with E-state index in [1.807, 2.05) is 0 Å². The third-order valence-electron chi connectivity index (χ3n) is 5.84. The molecule has 0 saturated carbocycles. The van der Waals surface area contributed by atoms with E-state index < -0.39 is 54.0 Å². The molecule has 5 rings (SSSR count). The quantitative estimate of drug-likeness (QED) is 0.214. The summed E-state index contributed by atoms with van der Waals surface area (Å²) in [6, 6.07) is 14.9. The van der Waals surface area contributed by atoms with Gasteiger partial charge in [0.1, 0.15) is 29.6 Å². The third kappa shape index (κ3) is 4.46. The molecule has 38 heavy (non-hydrogen) atoms. The van der Waals surface area contributed by atoms with Crippen LogP contribution in [-0.2, 0) is 9.53 Å². The molecule has 1 amide bonds. The first-order valence-electron chi connectivity index (χ1n) is 11.1. The summed E-state index contributed by atoms with van der Waals surface area (Å²) in [7, 11) is 0. The molecule has 1 saturated heterocycles. The average molecular weight is 524 g/mol. The van der Waals surface area contributed by atoms with Crippen molar-refractivity contribution in [2.45, 2.75) is 30.6 Å². The topological polar surface area (TPSA) is 211 Å². The Bertz CT molecular complexity index is 1560. The molecule has 0 unspecified atom stereocenters. The average Bonchev–Trinajstić information content (AvgIpc) is 3.37. The van der Waals surface area contributed by atoms with Gasteiger partial charge in [-0.25, -0.2) is 4.79 Å². The molecule has 5 atom stereocenters. The van der Waals surface area contributed by atoms with Gasteiger partial charge in [0.05, 0.1) is 5.52 Å². The molecule has 0 radical (unpaired) electrons. The number of nitrogens with zero attached hydrogens (tertiary/aromatic N) is 5. The number of carboxylic acid groups (broad SMARTS) is 1. The smallest absolute Gasteiger partial charge is 0.335 e. The minimum absolute atomic E-state index is 0.202. The van der Waals surface area contributed by atoms with Gasteiger partial charge in [0, 0.05) is 12.3 Å². The van der Waals surface area contributed by atoms with Gasteiger partial charge in [-0.1, -0.05) is 29.4 Å². The molecular weight excluding hydrogens is 504 g/mol. The summed E-state index contributed by atoms with van der Waals surface area (Å²) >= 11 is 0. The number of para-hydroxylation sites is 1. The van der Waals surface area contributed by atoms with E-state index in [4.69, 9.17) is 9.47 Å². The first kappa shape index (κ1) is 25.0. The monoisotopic (exact) mass is 524 g/mol. The van der Waals surface area contributed by atoms with E-state index in [2.05, 4.69) is 20.8 Å². The number of hydrogen-bond donors (Lipinski definition) is 5. The number of tetrazole rings is 1. The van der Waals surface area contributed by atoms with Gasteiger partial charge < -0.3 is 29.9 Å². The molecule has 15 heteroatoms. The van der Waals surface area contributed by atoms with Crippen LogP contribution in [0.1, 0.15) is 16.6 Å². The Kier molecular flexibility index (Phi) is 6.56. The fraction of sp³-hybridized carbons (Fsp3) is 0.217. The van der Waals surface area contributed by atoms with Crippen molar-refractivity contribution >= 4 is 23.3 Å². The van der Waals surface area contributed by atoms with Crippen LogP contribution in [0.25, 0.3) is 5.52 Å². The molecular formula is C23H20N6O9. The Morgan fingerprint density at radius 2 is 1.74 bits per heavy atom. The molecule has 5 N–H and O–H groups in total. The number of hydrogen-bond acceptors (Lipinski definition) is 11. The van der Waals surface area contributed by atoms with E-state index >= 15 is 0 Å². The SMILES string of the molecule is O=C(Nc1nnnn1[C@@H]1O[C@H](C(=O)O)[C@@H](O)[C@H](O)[C@H]1O)c1cc(Oc2ccccc2)c2ccccn2c1=O. The van der Waals surface area contributed by atoms with Crippen LogP contribution in [0.5, 0.6) is 11.5 Å². The number of carboxylic acids is 1. The van der Waals surface area contributed by atoms with E-state index in [1.165, 1.54) is 16.7 Å². The molecule has 0 bridgehead atoms. The molecule has 1 aliphatic heterocycles. The first-order chi connectivity index (χ1) is 18.3. The zero-order valence-electron chi connectivity index (χ0n) is 19.2. The number of aliphatic hydroxyl groups is 3. The largest absolute Gasteiger partial charge is 0.479 e. The van der Waals surface area contributed by atoms with Gasteiger partial charge >= 0.3 is 5.97 Å². The zero-order chi connectivity index (χ0) is 27.0. The molecule has 1 aliphatic rings. The fourth-order valence-corrected chi connectivity index (χ4v) is 3.96. The number of aromatic nitrogens is 5. The van der Waals surface area contributed by atoms with Gasteiger partial charge in [0.15, 0.2) is 18.1 Å². The van der Waals surface area contributed by atoms with Crippen LogP contribution in [-0.4, -0.2) is 81.3 Å². The summed E-state index contributed by atoms with van der Waals surface area (Å²) in [4.78, 5) is 37.8. The van der Waals surface area contributed by atoms with Gasteiger partial charge in [-0.15, -0.1) is 0 Å². The number of fused-ring (bicyclic) bond motifs is 1. The lowest BCUT2D eigenvalue weighted by Crippen LogP contribution is -2.58. The van der Waals surface area contributed by atoms with Gasteiger partial charge in [0.2, 0.25) is 0 Å². The van der Waals surface area contributed by atoms with Crippen LogP contribution in [0.15, 0.2) is 65.6 Å². The summed E-state index contributed by atoms with van der Waals surface area (Å²) in [5.41, 5.74) is -0.636. The van der Waals surface area contributed by atoms with Crippen molar-refractivity contribution in [3.8, 4) is 11.5 Å². The third-order valence-corrected chi connectivity index (χ3v) is 5.84. The van der Waals surface area contributed by atoms with Crippen molar-refractivity contribution < 1.29 is 39.5 Å². The van der Waals surface area contributed by atoms with Crippen molar-refractivity contribution in [1.29, 1.82) is 0 Å². The Hall–Kier alpha value is -4.70. The predicted octanol–water partition coefficient (Wildman–Crippen LogP) is -0.605.